The molecule has 1 fully saturated rings. The first kappa shape index (κ1) is 12.0. The fourth-order valence-corrected chi connectivity index (χ4v) is 1.58. The maximum absolute atomic E-state index is 9.84. The summed E-state index contributed by atoms with van der Waals surface area (Å²) >= 11 is 0. The Kier molecular flexibility index (Phi) is 4.35. The Hall–Kier alpha value is -0.120. The van der Waals surface area contributed by atoms with Crippen LogP contribution < -0.4 is 0 Å². The number of hydrogen-bond acceptors (Lipinski definition) is 3. The van der Waals surface area contributed by atoms with Crippen LogP contribution in [0.3, 0.4) is 0 Å². The van der Waals surface area contributed by atoms with Crippen LogP contribution in [0.15, 0.2) is 0 Å². The minimum absolute atomic E-state index is 0.225. The van der Waals surface area contributed by atoms with E-state index in [4.69, 9.17) is 4.74 Å². The van der Waals surface area contributed by atoms with E-state index in [-0.39, 0.29) is 5.60 Å². The molecule has 1 aliphatic rings. The normalized spacial score (nSPS) is 22.3. The molecule has 1 N–H and O–H groups in total. The molecule has 0 aromatic carbocycles. The second-order valence-corrected chi connectivity index (χ2v) is 4.65. The standard InChI is InChI=1S/C11H23NO2/c1-4-11(2,3)14-10(13)12-8-6-5-7-9-12/h10,13H,4-9H2,1-3H3. The summed E-state index contributed by atoms with van der Waals surface area (Å²) in [6.45, 7) is 8.02. The smallest absolute Gasteiger partial charge is 0.216 e. The molecular weight excluding hydrogens is 178 g/mol. The summed E-state index contributed by atoms with van der Waals surface area (Å²) in [4.78, 5) is 2.01. The topological polar surface area (TPSA) is 32.7 Å². The summed E-state index contributed by atoms with van der Waals surface area (Å²) in [5.74, 6) is 0. The lowest BCUT2D eigenvalue weighted by Crippen LogP contribution is -2.44. The van der Waals surface area contributed by atoms with Gasteiger partial charge in [-0.3, -0.25) is 4.90 Å². The lowest BCUT2D eigenvalue weighted by molar-refractivity contribution is -0.246. The molecule has 0 aromatic rings. The quantitative estimate of drug-likeness (QED) is 0.706. The first-order valence-corrected chi connectivity index (χ1v) is 5.65. The van der Waals surface area contributed by atoms with E-state index in [0.717, 1.165) is 19.5 Å². The Morgan fingerprint density at radius 1 is 1.29 bits per heavy atom. The molecule has 1 rings (SSSR count). The van der Waals surface area contributed by atoms with Crippen molar-refractivity contribution in [1.29, 1.82) is 0 Å². The van der Waals surface area contributed by atoms with Gasteiger partial charge in [0, 0.05) is 13.1 Å². The third-order valence-electron chi connectivity index (χ3n) is 2.98. The summed E-state index contributed by atoms with van der Waals surface area (Å²) in [5, 5.41) is 9.84. The second-order valence-electron chi connectivity index (χ2n) is 4.65. The van der Waals surface area contributed by atoms with Crippen molar-refractivity contribution in [1.82, 2.24) is 4.90 Å². The summed E-state index contributed by atoms with van der Waals surface area (Å²) in [6.07, 6.45) is 3.82. The fraction of sp³-hybridized carbons (Fsp3) is 1.00. The van der Waals surface area contributed by atoms with Gasteiger partial charge >= 0.3 is 0 Å². The van der Waals surface area contributed by atoms with Crippen molar-refractivity contribution in [3.63, 3.8) is 0 Å². The number of aliphatic hydroxyl groups excluding tert-OH is 1. The molecule has 1 saturated heterocycles. The van der Waals surface area contributed by atoms with Gasteiger partial charge in [0.15, 0.2) is 0 Å². The van der Waals surface area contributed by atoms with Crippen molar-refractivity contribution in [2.45, 2.75) is 58.5 Å². The van der Waals surface area contributed by atoms with Gasteiger partial charge in [0.2, 0.25) is 6.41 Å². The number of likely N-dealkylation sites (tertiary alicyclic amines) is 1. The highest BCUT2D eigenvalue weighted by molar-refractivity contribution is 4.69. The van der Waals surface area contributed by atoms with Crippen molar-refractivity contribution in [3.8, 4) is 0 Å². The first-order valence-electron chi connectivity index (χ1n) is 5.65. The number of piperidine rings is 1. The number of rotatable bonds is 4. The summed E-state index contributed by atoms with van der Waals surface area (Å²) in [7, 11) is 0. The van der Waals surface area contributed by atoms with Gasteiger partial charge in [-0.15, -0.1) is 0 Å². The second kappa shape index (κ2) is 5.10. The van der Waals surface area contributed by atoms with Crippen LogP contribution in [-0.4, -0.2) is 35.1 Å². The highest BCUT2D eigenvalue weighted by atomic mass is 16.6. The van der Waals surface area contributed by atoms with Crippen molar-refractivity contribution in [2.75, 3.05) is 13.1 Å². The van der Waals surface area contributed by atoms with Crippen molar-refractivity contribution >= 4 is 0 Å². The molecule has 3 nitrogen and oxygen atoms in total. The van der Waals surface area contributed by atoms with Crippen LogP contribution in [-0.2, 0) is 4.74 Å². The molecule has 0 aromatic heterocycles. The SMILES string of the molecule is CCC(C)(C)OC(O)N1CCCCC1. The molecular formula is C11H23NO2. The van der Waals surface area contributed by atoms with E-state index in [9.17, 15) is 5.11 Å². The Bertz CT molecular complexity index is 165. The Balaban J connectivity index is 2.36. The molecule has 0 spiro atoms. The summed E-state index contributed by atoms with van der Waals surface area (Å²) in [6, 6.07) is 0. The van der Waals surface area contributed by atoms with Gasteiger partial charge < -0.3 is 9.84 Å². The fourth-order valence-electron chi connectivity index (χ4n) is 1.58. The predicted octanol–water partition coefficient (Wildman–Crippen LogP) is 1.95. The Morgan fingerprint density at radius 2 is 1.86 bits per heavy atom. The molecule has 0 aliphatic carbocycles. The van der Waals surface area contributed by atoms with Gasteiger partial charge in [-0.25, -0.2) is 0 Å². The van der Waals surface area contributed by atoms with Crippen LogP contribution in [0.4, 0.5) is 0 Å². The van der Waals surface area contributed by atoms with Gasteiger partial charge in [-0.05, 0) is 33.1 Å². The van der Waals surface area contributed by atoms with Crippen LogP contribution in [0.1, 0.15) is 46.5 Å². The minimum Gasteiger partial charge on any atom is -0.356 e. The summed E-state index contributed by atoms with van der Waals surface area (Å²) in [5.41, 5.74) is -0.225. The molecule has 1 unspecified atom stereocenters. The molecule has 3 heteroatoms. The zero-order valence-corrected chi connectivity index (χ0v) is 9.62. The van der Waals surface area contributed by atoms with Crippen LogP contribution in [0.25, 0.3) is 0 Å². The molecule has 0 saturated carbocycles. The average molecular weight is 201 g/mol. The van der Waals surface area contributed by atoms with Gasteiger partial charge in [0.1, 0.15) is 0 Å². The molecule has 1 atom stereocenters. The molecule has 0 radical (unpaired) electrons. The maximum atomic E-state index is 9.84. The number of nitrogens with zero attached hydrogens (tertiary/aromatic N) is 1. The van der Waals surface area contributed by atoms with E-state index in [1.54, 1.807) is 0 Å². The molecule has 0 amide bonds. The lowest BCUT2D eigenvalue weighted by atomic mass is 10.1. The first-order chi connectivity index (χ1) is 6.55. The van der Waals surface area contributed by atoms with Crippen LogP contribution in [0.5, 0.6) is 0 Å². The number of ether oxygens (including phenoxy) is 1. The van der Waals surface area contributed by atoms with Crippen LogP contribution in [0.2, 0.25) is 0 Å². The van der Waals surface area contributed by atoms with Crippen LogP contribution in [0, 0.1) is 0 Å². The molecule has 1 aliphatic heterocycles. The summed E-state index contributed by atoms with van der Waals surface area (Å²) < 4.78 is 5.61. The van der Waals surface area contributed by atoms with Crippen molar-refractivity contribution in [3.05, 3.63) is 0 Å². The Morgan fingerprint density at radius 3 is 2.36 bits per heavy atom. The third-order valence-corrected chi connectivity index (χ3v) is 2.98. The largest absolute Gasteiger partial charge is 0.356 e. The number of hydrogen-bond donors (Lipinski definition) is 1. The average Bonchev–Trinajstić information content (AvgIpc) is 2.19. The molecule has 0 bridgehead atoms. The van der Waals surface area contributed by atoms with E-state index in [2.05, 4.69) is 6.92 Å². The van der Waals surface area contributed by atoms with Crippen molar-refractivity contribution in [2.24, 2.45) is 0 Å². The molecule has 14 heavy (non-hydrogen) atoms. The monoisotopic (exact) mass is 201 g/mol. The van der Waals surface area contributed by atoms with E-state index in [0.29, 0.717) is 0 Å². The zero-order chi connectivity index (χ0) is 10.6. The van der Waals surface area contributed by atoms with Gasteiger partial charge in [-0.1, -0.05) is 13.3 Å². The lowest BCUT2D eigenvalue weighted by Gasteiger charge is -2.35. The maximum Gasteiger partial charge on any atom is 0.216 e. The van der Waals surface area contributed by atoms with E-state index in [1.807, 2.05) is 18.7 Å². The van der Waals surface area contributed by atoms with E-state index < -0.39 is 6.41 Å². The Labute approximate surface area is 87.1 Å². The number of aliphatic hydroxyl groups is 1. The zero-order valence-electron chi connectivity index (χ0n) is 9.62. The minimum atomic E-state index is -0.717. The van der Waals surface area contributed by atoms with E-state index in [1.165, 1.54) is 19.3 Å². The predicted molar refractivity (Wildman–Crippen MR) is 56.9 cm³/mol. The van der Waals surface area contributed by atoms with Crippen LogP contribution >= 0.6 is 0 Å². The van der Waals surface area contributed by atoms with E-state index >= 15 is 0 Å². The van der Waals surface area contributed by atoms with Gasteiger partial charge in [-0.2, -0.15) is 0 Å². The molecule has 84 valence electrons. The highest BCUT2D eigenvalue weighted by Gasteiger charge is 2.25. The molecule has 1 heterocycles. The van der Waals surface area contributed by atoms with Gasteiger partial charge in [0.05, 0.1) is 5.60 Å². The third kappa shape index (κ3) is 3.56. The highest BCUT2D eigenvalue weighted by Crippen LogP contribution is 2.19. The van der Waals surface area contributed by atoms with Gasteiger partial charge in [0.25, 0.3) is 0 Å². The van der Waals surface area contributed by atoms with Crippen molar-refractivity contribution < 1.29 is 9.84 Å².